The Morgan fingerprint density at radius 1 is 1.43 bits per heavy atom. The van der Waals surface area contributed by atoms with Crippen LogP contribution in [0.1, 0.15) is 30.3 Å². The van der Waals surface area contributed by atoms with E-state index in [9.17, 15) is 4.39 Å². The number of aryl methyl sites for hydroxylation is 1. The van der Waals surface area contributed by atoms with E-state index >= 15 is 0 Å². The first-order chi connectivity index (χ1) is 10.2. The maximum absolute atomic E-state index is 13.3. The van der Waals surface area contributed by atoms with Crippen molar-refractivity contribution in [1.29, 1.82) is 0 Å². The molecule has 21 heavy (non-hydrogen) atoms. The van der Waals surface area contributed by atoms with Crippen LogP contribution >= 0.6 is 23.3 Å². The molecule has 0 saturated carbocycles. The number of aromatic nitrogens is 2. The monoisotopic (exact) mass is 322 g/mol. The first-order valence-corrected chi connectivity index (χ1v) is 8.32. The lowest BCUT2D eigenvalue weighted by atomic mass is 10.1. The lowest BCUT2D eigenvalue weighted by molar-refractivity contribution is 0.305. The summed E-state index contributed by atoms with van der Waals surface area (Å²) >= 11 is 2.96. The molecule has 110 valence electrons. The molecule has 0 unspecified atom stereocenters. The van der Waals surface area contributed by atoms with E-state index in [4.69, 9.17) is 5.11 Å². The standard InChI is InChI=1S/C15H15FN2OS2/c1-2-14-17-15(21-18-14)20-10-12-6-7-13(16)9-11(12)5-3-4-8-19/h6-7,9,19H,2,4,8,10H2,1H3. The van der Waals surface area contributed by atoms with E-state index in [1.807, 2.05) is 6.92 Å². The van der Waals surface area contributed by atoms with E-state index in [1.54, 1.807) is 17.8 Å². The van der Waals surface area contributed by atoms with E-state index in [2.05, 4.69) is 21.2 Å². The number of hydrogen-bond donors (Lipinski definition) is 1. The minimum absolute atomic E-state index is 0.0109. The van der Waals surface area contributed by atoms with Crippen LogP contribution in [0.5, 0.6) is 0 Å². The normalized spacial score (nSPS) is 10.2. The predicted octanol–water partition coefficient (Wildman–Crippen LogP) is 3.27. The molecule has 0 aliphatic heterocycles. The third-order valence-corrected chi connectivity index (χ3v) is 4.57. The largest absolute Gasteiger partial charge is 0.395 e. The Morgan fingerprint density at radius 3 is 3.00 bits per heavy atom. The Hall–Kier alpha value is -1.42. The zero-order chi connectivity index (χ0) is 15.1. The van der Waals surface area contributed by atoms with Crippen LogP contribution in [0, 0.1) is 17.7 Å². The summed E-state index contributed by atoms with van der Waals surface area (Å²) in [7, 11) is 0. The first-order valence-electron chi connectivity index (χ1n) is 6.56. The van der Waals surface area contributed by atoms with Crippen molar-refractivity contribution >= 4 is 23.3 Å². The van der Waals surface area contributed by atoms with Crippen LogP contribution in [0.2, 0.25) is 0 Å². The SMILES string of the molecule is CCc1nsc(SCc2ccc(F)cc2C#CCCO)n1. The molecule has 2 aromatic rings. The minimum atomic E-state index is -0.304. The molecule has 0 bridgehead atoms. The van der Waals surface area contributed by atoms with Crippen LogP contribution < -0.4 is 0 Å². The molecule has 0 amide bonds. The summed E-state index contributed by atoms with van der Waals surface area (Å²) in [6, 6.07) is 4.61. The maximum Gasteiger partial charge on any atom is 0.170 e. The van der Waals surface area contributed by atoms with Crippen molar-refractivity contribution in [3.05, 3.63) is 41.0 Å². The van der Waals surface area contributed by atoms with Gasteiger partial charge in [0.1, 0.15) is 11.6 Å². The van der Waals surface area contributed by atoms with Crippen LogP contribution in [-0.4, -0.2) is 21.1 Å². The van der Waals surface area contributed by atoms with E-state index in [1.165, 1.54) is 23.7 Å². The van der Waals surface area contributed by atoms with Crippen molar-refractivity contribution in [3.8, 4) is 11.8 Å². The Kier molecular flexibility index (Phi) is 6.18. The number of benzene rings is 1. The number of halogens is 1. The molecular weight excluding hydrogens is 307 g/mol. The molecule has 0 aliphatic rings. The number of aliphatic hydroxyl groups is 1. The molecule has 0 radical (unpaired) electrons. The Balaban J connectivity index is 2.10. The summed E-state index contributed by atoms with van der Waals surface area (Å²) in [5.41, 5.74) is 1.62. The number of hydrogen-bond acceptors (Lipinski definition) is 5. The minimum Gasteiger partial charge on any atom is -0.395 e. The van der Waals surface area contributed by atoms with Gasteiger partial charge in [0.25, 0.3) is 0 Å². The average Bonchev–Trinajstić information content (AvgIpc) is 2.95. The Morgan fingerprint density at radius 2 is 2.29 bits per heavy atom. The molecule has 1 heterocycles. The lowest BCUT2D eigenvalue weighted by Gasteiger charge is -2.03. The van der Waals surface area contributed by atoms with Gasteiger partial charge in [-0.3, -0.25) is 0 Å². The molecule has 0 fully saturated rings. The molecule has 1 N–H and O–H groups in total. The van der Waals surface area contributed by atoms with Gasteiger partial charge in [-0.2, -0.15) is 4.37 Å². The fraction of sp³-hybridized carbons (Fsp3) is 0.333. The summed E-state index contributed by atoms with van der Waals surface area (Å²) in [6.45, 7) is 2.03. The molecule has 0 atom stereocenters. The molecule has 1 aromatic heterocycles. The van der Waals surface area contributed by atoms with E-state index in [0.29, 0.717) is 17.7 Å². The van der Waals surface area contributed by atoms with Gasteiger partial charge < -0.3 is 5.11 Å². The topological polar surface area (TPSA) is 46.0 Å². The van der Waals surface area contributed by atoms with Gasteiger partial charge in [-0.15, -0.1) is 0 Å². The summed E-state index contributed by atoms with van der Waals surface area (Å²) in [4.78, 5) is 4.39. The third-order valence-electron chi connectivity index (χ3n) is 2.65. The molecular formula is C15H15FN2OS2. The summed E-state index contributed by atoms with van der Waals surface area (Å²) in [6.07, 6.45) is 1.21. The fourth-order valence-electron chi connectivity index (χ4n) is 1.58. The Bertz CT molecular complexity index is 661. The van der Waals surface area contributed by atoms with Gasteiger partial charge in [-0.1, -0.05) is 36.6 Å². The number of aliphatic hydroxyl groups excluding tert-OH is 1. The van der Waals surface area contributed by atoms with Gasteiger partial charge in [0.15, 0.2) is 4.34 Å². The van der Waals surface area contributed by atoms with Gasteiger partial charge in [0.05, 0.1) is 6.61 Å². The maximum atomic E-state index is 13.3. The predicted molar refractivity (Wildman–Crippen MR) is 83.8 cm³/mol. The number of nitrogens with zero attached hydrogens (tertiary/aromatic N) is 2. The summed E-state index contributed by atoms with van der Waals surface area (Å²) in [5.74, 6) is 6.96. The van der Waals surface area contributed by atoms with Crippen molar-refractivity contribution in [2.24, 2.45) is 0 Å². The quantitative estimate of drug-likeness (QED) is 0.678. The van der Waals surface area contributed by atoms with Gasteiger partial charge in [-0.25, -0.2) is 9.37 Å². The van der Waals surface area contributed by atoms with E-state index in [0.717, 1.165) is 22.1 Å². The zero-order valence-electron chi connectivity index (χ0n) is 11.6. The highest BCUT2D eigenvalue weighted by molar-refractivity contribution is 8.00. The second kappa shape index (κ2) is 8.13. The highest BCUT2D eigenvalue weighted by Crippen LogP contribution is 2.26. The molecule has 1 aromatic carbocycles. The van der Waals surface area contributed by atoms with E-state index < -0.39 is 0 Å². The van der Waals surface area contributed by atoms with Crippen molar-refractivity contribution in [1.82, 2.24) is 9.36 Å². The van der Waals surface area contributed by atoms with Crippen LogP contribution in [0.3, 0.4) is 0 Å². The average molecular weight is 322 g/mol. The fourth-order valence-corrected chi connectivity index (χ4v) is 3.28. The van der Waals surface area contributed by atoms with Gasteiger partial charge in [-0.05, 0) is 29.2 Å². The molecule has 6 heteroatoms. The van der Waals surface area contributed by atoms with Crippen LogP contribution in [0.15, 0.2) is 22.5 Å². The molecule has 0 aliphatic carbocycles. The van der Waals surface area contributed by atoms with Crippen LogP contribution in [-0.2, 0) is 12.2 Å². The van der Waals surface area contributed by atoms with Gasteiger partial charge in [0, 0.05) is 24.2 Å². The molecule has 2 rings (SSSR count). The van der Waals surface area contributed by atoms with Gasteiger partial charge in [0.2, 0.25) is 0 Å². The number of thioether (sulfide) groups is 1. The van der Waals surface area contributed by atoms with Crippen molar-refractivity contribution in [2.45, 2.75) is 29.9 Å². The molecule has 3 nitrogen and oxygen atoms in total. The van der Waals surface area contributed by atoms with Crippen molar-refractivity contribution < 1.29 is 9.50 Å². The van der Waals surface area contributed by atoms with Crippen molar-refractivity contribution in [2.75, 3.05) is 6.61 Å². The van der Waals surface area contributed by atoms with Gasteiger partial charge >= 0.3 is 0 Å². The second-order valence-electron chi connectivity index (χ2n) is 4.20. The second-order valence-corrected chi connectivity index (χ2v) is 6.17. The summed E-state index contributed by atoms with van der Waals surface area (Å²) in [5, 5.41) is 8.75. The van der Waals surface area contributed by atoms with Crippen LogP contribution in [0.25, 0.3) is 0 Å². The highest BCUT2D eigenvalue weighted by Gasteiger charge is 2.07. The third kappa shape index (κ3) is 4.81. The van der Waals surface area contributed by atoms with Crippen LogP contribution in [0.4, 0.5) is 4.39 Å². The molecule has 0 saturated heterocycles. The summed E-state index contributed by atoms with van der Waals surface area (Å²) < 4.78 is 18.5. The number of rotatable bonds is 5. The highest BCUT2D eigenvalue weighted by atomic mass is 32.2. The first kappa shape index (κ1) is 16.0. The van der Waals surface area contributed by atoms with Crippen molar-refractivity contribution in [3.63, 3.8) is 0 Å². The smallest absolute Gasteiger partial charge is 0.170 e. The Labute approximate surface area is 131 Å². The lowest BCUT2D eigenvalue weighted by Crippen LogP contribution is -1.90. The zero-order valence-corrected chi connectivity index (χ0v) is 13.2. The molecule has 0 spiro atoms. The van der Waals surface area contributed by atoms with E-state index in [-0.39, 0.29) is 12.4 Å².